The van der Waals surface area contributed by atoms with Crippen molar-refractivity contribution in [3.8, 4) is 0 Å². The number of carboxylic acids is 1. The first-order chi connectivity index (χ1) is 9.13. The molecule has 0 aromatic carbocycles. The van der Waals surface area contributed by atoms with E-state index in [2.05, 4.69) is 5.32 Å². The zero-order valence-corrected chi connectivity index (χ0v) is 11.3. The summed E-state index contributed by atoms with van der Waals surface area (Å²) < 4.78 is 0. The maximum Gasteiger partial charge on any atom is 0.306 e. The minimum Gasteiger partial charge on any atom is -0.481 e. The second-order valence-corrected chi connectivity index (χ2v) is 6.73. The third kappa shape index (κ3) is 2.93. The molecule has 0 heterocycles. The lowest BCUT2D eigenvalue weighted by atomic mass is 9.82. The highest BCUT2D eigenvalue weighted by atomic mass is 16.4. The van der Waals surface area contributed by atoms with Gasteiger partial charge in [0.2, 0.25) is 5.91 Å². The van der Waals surface area contributed by atoms with Crippen LogP contribution in [0.1, 0.15) is 44.9 Å². The van der Waals surface area contributed by atoms with Gasteiger partial charge in [0.1, 0.15) is 0 Å². The summed E-state index contributed by atoms with van der Waals surface area (Å²) in [6.07, 6.45) is 6.96. The fourth-order valence-electron chi connectivity index (χ4n) is 3.93. The van der Waals surface area contributed by atoms with Crippen LogP contribution in [0.3, 0.4) is 0 Å². The predicted molar refractivity (Wildman–Crippen MR) is 70.4 cm³/mol. The summed E-state index contributed by atoms with van der Waals surface area (Å²) >= 11 is 0. The first kappa shape index (κ1) is 12.9. The van der Waals surface area contributed by atoms with Gasteiger partial charge in [-0.05, 0) is 62.7 Å². The van der Waals surface area contributed by atoms with Crippen LogP contribution in [0.15, 0.2) is 0 Å². The Morgan fingerprint density at radius 3 is 2.16 bits per heavy atom. The molecular formula is C15H23NO3. The van der Waals surface area contributed by atoms with Crippen molar-refractivity contribution in [3.05, 3.63) is 0 Å². The zero-order valence-electron chi connectivity index (χ0n) is 11.3. The lowest BCUT2D eigenvalue weighted by molar-refractivity contribution is -0.143. The molecule has 0 saturated heterocycles. The molecule has 106 valence electrons. The van der Waals surface area contributed by atoms with Crippen LogP contribution < -0.4 is 5.32 Å². The average Bonchev–Trinajstić information content (AvgIpc) is 3.03. The van der Waals surface area contributed by atoms with Crippen molar-refractivity contribution in [1.29, 1.82) is 0 Å². The van der Waals surface area contributed by atoms with Gasteiger partial charge in [-0.25, -0.2) is 0 Å². The Bertz CT molecular complexity index is 364. The van der Waals surface area contributed by atoms with Gasteiger partial charge in [-0.1, -0.05) is 0 Å². The molecule has 3 aliphatic rings. The van der Waals surface area contributed by atoms with E-state index in [9.17, 15) is 9.59 Å². The molecule has 0 radical (unpaired) electrons. The summed E-state index contributed by atoms with van der Waals surface area (Å²) in [7, 11) is 0. The van der Waals surface area contributed by atoms with Gasteiger partial charge in [0.05, 0.1) is 5.92 Å². The molecule has 0 aromatic heterocycles. The van der Waals surface area contributed by atoms with Gasteiger partial charge >= 0.3 is 5.97 Å². The maximum absolute atomic E-state index is 12.0. The first-order valence-corrected chi connectivity index (χ1v) is 7.64. The van der Waals surface area contributed by atoms with Crippen molar-refractivity contribution in [3.63, 3.8) is 0 Å². The topological polar surface area (TPSA) is 66.4 Å². The smallest absolute Gasteiger partial charge is 0.306 e. The van der Waals surface area contributed by atoms with Crippen LogP contribution in [0.25, 0.3) is 0 Å². The molecule has 3 aliphatic carbocycles. The Hall–Kier alpha value is -1.06. The number of carbonyl (C=O) groups is 2. The van der Waals surface area contributed by atoms with Crippen molar-refractivity contribution >= 4 is 11.9 Å². The molecule has 2 unspecified atom stereocenters. The van der Waals surface area contributed by atoms with Crippen LogP contribution in [0.2, 0.25) is 0 Å². The monoisotopic (exact) mass is 265 g/mol. The largest absolute Gasteiger partial charge is 0.481 e. The summed E-state index contributed by atoms with van der Waals surface area (Å²) in [6.45, 7) is 0.747. The number of carboxylic acid groups (broad SMARTS) is 1. The van der Waals surface area contributed by atoms with E-state index in [4.69, 9.17) is 5.11 Å². The standard InChI is InChI=1S/C15H23NO3/c17-14(13-6-11-5-12(11)7-13)16-8-9-1-3-10(4-2-9)15(18)19/h9-13H,1-8H2,(H,16,17)(H,18,19). The number of carbonyl (C=O) groups excluding carboxylic acids is 1. The Morgan fingerprint density at radius 1 is 0.947 bits per heavy atom. The number of amides is 1. The van der Waals surface area contributed by atoms with Crippen molar-refractivity contribution in [1.82, 2.24) is 5.32 Å². The quantitative estimate of drug-likeness (QED) is 0.817. The van der Waals surface area contributed by atoms with Crippen molar-refractivity contribution < 1.29 is 14.7 Å². The highest BCUT2D eigenvalue weighted by Gasteiger charge is 2.47. The lowest BCUT2D eigenvalue weighted by Crippen LogP contribution is -2.35. The van der Waals surface area contributed by atoms with E-state index in [1.165, 1.54) is 6.42 Å². The van der Waals surface area contributed by atoms with Gasteiger partial charge in [0.15, 0.2) is 0 Å². The number of rotatable bonds is 4. The molecule has 3 saturated carbocycles. The van der Waals surface area contributed by atoms with Gasteiger partial charge in [-0.3, -0.25) is 9.59 Å². The number of nitrogens with one attached hydrogen (secondary N) is 1. The summed E-state index contributed by atoms with van der Waals surface area (Å²) in [5.74, 6) is 1.87. The normalized spacial score (nSPS) is 40.5. The van der Waals surface area contributed by atoms with Crippen LogP contribution in [0.5, 0.6) is 0 Å². The van der Waals surface area contributed by atoms with Crippen LogP contribution in [0, 0.1) is 29.6 Å². The molecule has 4 nitrogen and oxygen atoms in total. The summed E-state index contributed by atoms with van der Waals surface area (Å²) in [5.41, 5.74) is 0. The number of aliphatic carboxylic acids is 1. The van der Waals surface area contributed by atoms with E-state index in [1.807, 2.05) is 0 Å². The average molecular weight is 265 g/mol. The predicted octanol–water partition coefficient (Wildman–Crippen LogP) is 2.04. The summed E-state index contributed by atoms with van der Waals surface area (Å²) in [6, 6.07) is 0. The third-order valence-corrected chi connectivity index (χ3v) is 5.38. The zero-order chi connectivity index (χ0) is 13.4. The van der Waals surface area contributed by atoms with E-state index in [1.54, 1.807) is 0 Å². The van der Waals surface area contributed by atoms with E-state index in [0.717, 1.165) is 56.9 Å². The van der Waals surface area contributed by atoms with E-state index < -0.39 is 5.97 Å². The van der Waals surface area contributed by atoms with Crippen LogP contribution in [-0.4, -0.2) is 23.5 Å². The molecule has 4 heteroatoms. The minimum absolute atomic E-state index is 0.158. The highest BCUT2D eigenvalue weighted by Crippen LogP contribution is 2.54. The fourth-order valence-corrected chi connectivity index (χ4v) is 3.93. The summed E-state index contributed by atoms with van der Waals surface area (Å²) in [5, 5.41) is 12.0. The molecular weight excluding hydrogens is 242 g/mol. The van der Waals surface area contributed by atoms with Crippen molar-refractivity contribution in [2.24, 2.45) is 29.6 Å². The Labute approximate surface area is 113 Å². The molecule has 2 N–H and O–H groups in total. The Morgan fingerprint density at radius 2 is 1.58 bits per heavy atom. The molecule has 3 rings (SSSR count). The molecule has 19 heavy (non-hydrogen) atoms. The second kappa shape index (κ2) is 5.14. The second-order valence-electron chi connectivity index (χ2n) is 6.73. The minimum atomic E-state index is -0.660. The third-order valence-electron chi connectivity index (χ3n) is 5.38. The van der Waals surface area contributed by atoms with Gasteiger partial charge in [-0.2, -0.15) is 0 Å². The van der Waals surface area contributed by atoms with Crippen LogP contribution in [0.4, 0.5) is 0 Å². The Balaban J connectivity index is 1.36. The molecule has 2 atom stereocenters. The van der Waals surface area contributed by atoms with E-state index >= 15 is 0 Å². The molecule has 1 amide bonds. The molecule has 0 aliphatic heterocycles. The van der Waals surface area contributed by atoms with Crippen molar-refractivity contribution in [2.45, 2.75) is 44.9 Å². The fraction of sp³-hybridized carbons (Fsp3) is 0.867. The summed E-state index contributed by atoms with van der Waals surface area (Å²) in [4.78, 5) is 22.9. The molecule has 0 spiro atoms. The van der Waals surface area contributed by atoms with Crippen LogP contribution in [-0.2, 0) is 9.59 Å². The van der Waals surface area contributed by atoms with Gasteiger partial charge in [0, 0.05) is 12.5 Å². The van der Waals surface area contributed by atoms with Crippen LogP contribution >= 0.6 is 0 Å². The van der Waals surface area contributed by atoms with Gasteiger partial charge < -0.3 is 10.4 Å². The van der Waals surface area contributed by atoms with E-state index in [0.29, 0.717) is 5.92 Å². The molecule has 0 bridgehead atoms. The number of hydrogen-bond donors (Lipinski definition) is 2. The Kier molecular flexibility index (Phi) is 3.50. The number of fused-ring (bicyclic) bond motifs is 1. The maximum atomic E-state index is 12.0. The van der Waals surface area contributed by atoms with Crippen molar-refractivity contribution in [2.75, 3.05) is 6.54 Å². The van der Waals surface area contributed by atoms with Gasteiger partial charge in [0.25, 0.3) is 0 Å². The highest BCUT2D eigenvalue weighted by molar-refractivity contribution is 5.79. The molecule has 3 fully saturated rings. The number of hydrogen-bond acceptors (Lipinski definition) is 2. The molecule has 0 aromatic rings. The van der Waals surface area contributed by atoms with E-state index in [-0.39, 0.29) is 17.7 Å². The lowest BCUT2D eigenvalue weighted by Gasteiger charge is -2.26. The SMILES string of the molecule is O=C(O)C1CCC(CNC(=O)C2CC3CC3C2)CC1. The van der Waals surface area contributed by atoms with Gasteiger partial charge in [-0.15, -0.1) is 0 Å². The first-order valence-electron chi connectivity index (χ1n) is 7.64.